The van der Waals surface area contributed by atoms with Gasteiger partial charge in [-0.25, -0.2) is 4.99 Å². The molecule has 2 nitrogen and oxygen atoms in total. The van der Waals surface area contributed by atoms with Crippen molar-refractivity contribution in [3.8, 4) is 0 Å². The van der Waals surface area contributed by atoms with Gasteiger partial charge in [-0.2, -0.15) is 13.2 Å². The van der Waals surface area contributed by atoms with Crippen molar-refractivity contribution in [1.82, 2.24) is 4.98 Å². The van der Waals surface area contributed by atoms with Crippen LogP contribution in [-0.4, -0.2) is 16.9 Å². The molecule has 0 spiro atoms. The zero-order valence-corrected chi connectivity index (χ0v) is 12.3. The quantitative estimate of drug-likeness (QED) is 0.600. The lowest BCUT2D eigenvalue weighted by Gasteiger charge is -2.09. The zero-order valence-electron chi connectivity index (χ0n) is 12.3. The number of aliphatic imine (C=N–C) groups is 1. The summed E-state index contributed by atoms with van der Waals surface area (Å²) in [5.41, 5.74) is 2.75. The summed E-state index contributed by atoms with van der Waals surface area (Å²) < 4.78 is 40.7. The van der Waals surface area contributed by atoms with Crippen molar-refractivity contribution in [3.05, 3.63) is 64.8 Å². The van der Waals surface area contributed by atoms with Crippen LogP contribution in [0.3, 0.4) is 0 Å². The summed E-state index contributed by atoms with van der Waals surface area (Å²) in [5.74, 6) is 0. The van der Waals surface area contributed by atoms with E-state index in [0.717, 1.165) is 16.5 Å². The number of aryl methyl sites for hydroxylation is 1. The van der Waals surface area contributed by atoms with E-state index in [-0.39, 0.29) is 5.69 Å². The molecule has 0 amide bonds. The number of halogens is 3. The van der Waals surface area contributed by atoms with Crippen molar-refractivity contribution in [2.24, 2.45) is 4.99 Å². The first-order chi connectivity index (χ1) is 10.9. The normalized spacial score (nSPS) is 14.2. The van der Waals surface area contributed by atoms with E-state index in [1.54, 1.807) is 18.2 Å². The minimum atomic E-state index is -4.51. The highest BCUT2D eigenvalue weighted by atomic mass is 19.4. The van der Waals surface area contributed by atoms with Gasteiger partial charge < -0.3 is 4.98 Å². The van der Waals surface area contributed by atoms with E-state index in [2.05, 4.69) is 9.98 Å². The van der Waals surface area contributed by atoms with Gasteiger partial charge in [0.25, 0.3) is 0 Å². The molecular weight excluding hydrogens is 301 g/mol. The van der Waals surface area contributed by atoms with E-state index in [1.807, 2.05) is 31.2 Å². The Labute approximate surface area is 130 Å². The molecule has 0 saturated carbocycles. The number of para-hydroxylation sites is 1. The van der Waals surface area contributed by atoms with Crippen molar-refractivity contribution in [1.29, 1.82) is 0 Å². The lowest BCUT2D eigenvalue weighted by atomic mass is 9.98. The lowest BCUT2D eigenvalue weighted by molar-refractivity contribution is -0.0581. The number of aromatic nitrogens is 1. The van der Waals surface area contributed by atoms with Crippen LogP contribution in [0.1, 0.15) is 22.4 Å². The number of hydrogen-bond acceptors (Lipinski definition) is 1. The highest BCUT2D eigenvalue weighted by Gasteiger charge is 2.40. The van der Waals surface area contributed by atoms with Crippen LogP contribution in [0, 0.1) is 6.92 Å². The van der Waals surface area contributed by atoms with Gasteiger partial charge in [0.1, 0.15) is 0 Å². The lowest BCUT2D eigenvalue weighted by Crippen LogP contribution is -2.24. The maximum atomic E-state index is 13.6. The Balaban J connectivity index is 2.11. The number of alkyl halides is 3. The SMILES string of the molecule is Cc1cccc2[nH]c3c(c12)Cc1ccccc1N=C3C(F)(F)F. The molecule has 23 heavy (non-hydrogen) atoms. The monoisotopic (exact) mass is 314 g/mol. The van der Waals surface area contributed by atoms with Crippen molar-refractivity contribution < 1.29 is 13.2 Å². The van der Waals surface area contributed by atoms with E-state index in [9.17, 15) is 13.2 Å². The van der Waals surface area contributed by atoms with Crippen LogP contribution in [0.5, 0.6) is 0 Å². The molecule has 0 bridgehead atoms. The van der Waals surface area contributed by atoms with Gasteiger partial charge in [0.2, 0.25) is 0 Å². The second kappa shape index (κ2) is 4.72. The molecule has 1 aliphatic heterocycles. The summed E-state index contributed by atoms with van der Waals surface area (Å²) in [6.45, 7) is 1.91. The van der Waals surface area contributed by atoms with E-state index in [4.69, 9.17) is 0 Å². The van der Waals surface area contributed by atoms with Crippen LogP contribution in [0.4, 0.5) is 18.9 Å². The zero-order chi connectivity index (χ0) is 16.2. The Hall–Kier alpha value is -2.56. The third kappa shape index (κ3) is 2.15. The van der Waals surface area contributed by atoms with Crippen LogP contribution < -0.4 is 0 Å². The number of aromatic amines is 1. The molecule has 1 N–H and O–H groups in total. The number of H-pyrrole nitrogens is 1. The van der Waals surface area contributed by atoms with Gasteiger partial charge in [-0.15, -0.1) is 0 Å². The molecule has 2 heterocycles. The molecule has 0 aliphatic carbocycles. The standard InChI is InChI=1S/C18H13F3N2/c1-10-5-4-8-14-15(10)12-9-11-6-2-3-7-13(11)23-17(16(12)22-14)18(19,20)21/h2-8,22H,9H2,1H3. The molecule has 4 rings (SSSR count). The fourth-order valence-electron chi connectivity index (χ4n) is 3.23. The highest BCUT2D eigenvalue weighted by Crippen LogP contribution is 2.37. The molecule has 0 fully saturated rings. The minimum Gasteiger partial charge on any atom is -0.353 e. The van der Waals surface area contributed by atoms with E-state index in [1.165, 1.54) is 0 Å². The van der Waals surface area contributed by atoms with E-state index in [0.29, 0.717) is 23.2 Å². The second-order valence-corrected chi connectivity index (χ2v) is 5.74. The smallest absolute Gasteiger partial charge is 0.353 e. The molecule has 1 aliphatic rings. The van der Waals surface area contributed by atoms with Gasteiger partial charge in [-0.3, -0.25) is 0 Å². The first kappa shape index (κ1) is 14.1. The predicted octanol–water partition coefficient (Wildman–Crippen LogP) is 5.06. The fourth-order valence-corrected chi connectivity index (χ4v) is 3.23. The summed E-state index contributed by atoms with van der Waals surface area (Å²) in [7, 11) is 0. The Kier molecular flexibility index (Phi) is 2.88. The van der Waals surface area contributed by atoms with Crippen molar-refractivity contribution in [2.75, 3.05) is 0 Å². The first-order valence-electron chi connectivity index (χ1n) is 7.29. The third-order valence-electron chi connectivity index (χ3n) is 4.23. The average molecular weight is 314 g/mol. The number of nitrogens with one attached hydrogen (secondary N) is 1. The van der Waals surface area contributed by atoms with Gasteiger partial charge in [-0.1, -0.05) is 30.3 Å². The number of rotatable bonds is 0. The molecule has 3 aromatic rings. The third-order valence-corrected chi connectivity index (χ3v) is 4.23. The first-order valence-corrected chi connectivity index (χ1v) is 7.29. The predicted molar refractivity (Wildman–Crippen MR) is 84.5 cm³/mol. The summed E-state index contributed by atoms with van der Waals surface area (Å²) in [5, 5.41) is 0.858. The molecule has 0 unspecified atom stereocenters. The average Bonchev–Trinajstić information content (AvgIpc) is 2.76. The van der Waals surface area contributed by atoms with Gasteiger partial charge in [0.15, 0.2) is 5.71 Å². The van der Waals surface area contributed by atoms with Crippen molar-refractivity contribution >= 4 is 22.3 Å². The summed E-state index contributed by atoms with van der Waals surface area (Å²) >= 11 is 0. The number of hydrogen-bond donors (Lipinski definition) is 1. The molecular formula is C18H13F3N2. The van der Waals surface area contributed by atoms with Gasteiger partial charge >= 0.3 is 6.18 Å². The number of nitrogens with zero attached hydrogens (tertiary/aromatic N) is 1. The Morgan fingerprint density at radius 2 is 1.83 bits per heavy atom. The van der Waals surface area contributed by atoms with Gasteiger partial charge in [0, 0.05) is 17.3 Å². The number of benzene rings is 2. The maximum absolute atomic E-state index is 13.6. The maximum Gasteiger partial charge on any atom is 0.435 e. The summed E-state index contributed by atoms with van der Waals surface area (Å²) in [4.78, 5) is 6.87. The van der Waals surface area contributed by atoms with Crippen LogP contribution >= 0.6 is 0 Å². The van der Waals surface area contributed by atoms with Crippen molar-refractivity contribution in [3.63, 3.8) is 0 Å². The Morgan fingerprint density at radius 1 is 1.04 bits per heavy atom. The Morgan fingerprint density at radius 3 is 2.61 bits per heavy atom. The van der Waals surface area contributed by atoms with Crippen LogP contribution in [-0.2, 0) is 6.42 Å². The molecule has 2 aromatic carbocycles. The van der Waals surface area contributed by atoms with Crippen LogP contribution in [0.2, 0.25) is 0 Å². The summed E-state index contributed by atoms with van der Waals surface area (Å²) in [6, 6.07) is 12.6. The van der Waals surface area contributed by atoms with E-state index >= 15 is 0 Å². The van der Waals surface area contributed by atoms with Crippen molar-refractivity contribution in [2.45, 2.75) is 19.5 Å². The Bertz CT molecular complexity index is 949. The largest absolute Gasteiger partial charge is 0.435 e. The number of fused-ring (bicyclic) bond motifs is 4. The van der Waals surface area contributed by atoms with Gasteiger partial charge in [-0.05, 0) is 35.7 Å². The van der Waals surface area contributed by atoms with Crippen LogP contribution in [0.25, 0.3) is 10.9 Å². The molecule has 1 aromatic heterocycles. The molecule has 5 heteroatoms. The van der Waals surface area contributed by atoms with Gasteiger partial charge in [0.05, 0.1) is 11.4 Å². The van der Waals surface area contributed by atoms with E-state index < -0.39 is 11.9 Å². The fraction of sp³-hybridized carbons (Fsp3) is 0.167. The molecule has 0 radical (unpaired) electrons. The molecule has 0 atom stereocenters. The highest BCUT2D eigenvalue weighted by molar-refractivity contribution is 6.10. The molecule has 116 valence electrons. The topological polar surface area (TPSA) is 28.1 Å². The molecule has 0 saturated heterocycles. The second-order valence-electron chi connectivity index (χ2n) is 5.74. The minimum absolute atomic E-state index is 0.0815. The van der Waals surface area contributed by atoms with Crippen LogP contribution in [0.15, 0.2) is 47.5 Å². The summed E-state index contributed by atoms with van der Waals surface area (Å²) in [6.07, 6.45) is -4.08.